The van der Waals surface area contributed by atoms with Crippen LogP contribution >= 0.6 is 11.3 Å². The van der Waals surface area contributed by atoms with Gasteiger partial charge in [0.2, 0.25) is 0 Å². The number of benzene rings is 5. The molecule has 0 aliphatic rings. The smallest absolute Gasteiger partial charge is 0.0506 e. The number of rotatable bonds is 3. The Morgan fingerprint density at radius 1 is 0.514 bits per heavy atom. The van der Waals surface area contributed by atoms with Crippen LogP contribution in [0.15, 0.2) is 97.1 Å². The zero-order valence-electron chi connectivity index (χ0n) is 21.0. The second-order valence-corrected chi connectivity index (χ2v) is 11.0. The number of para-hydroxylation sites is 1. The van der Waals surface area contributed by atoms with Gasteiger partial charge in [-0.05, 0) is 67.4 Å². The van der Waals surface area contributed by atoms with E-state index in [1.54, 1.807) is 0 Å². The Hall–Kier alpha value is -4.08. The number of hydrogen-bond acceptors (Lipinski definition) is 1. The molecular weight excluding hydrogens is 468 g/mol. The van der Waals surface area contributed by atoms with Crippen LogP contribution in [0, 0.1) is 0 Å². The van der Waals surface area contributed by atoms with E-state index in [0.29, 0.717) is 0 Å². The van der Waals surface area contributed by atoms with Crippen molar-refractivity contribution in [1.29, 1.82) is 0 Å². The van der Waals surface area contributed by atoms with Crippen LogP contribution in [0.2, 0.25) is 0 Å². The van der Waals surface area contributed by atoms with E-state index >= 15 is 0 Å². The summed E-state index contributed by atoms with van der Waals surface area (Å²) in [6.45, 7) is 6.40. The van der Waals surface area contributed by atoms with Crippen LogP contribution in [0.3, 0.4) is 0 Å². The lowest BCUT2D eigenvalue weighted by molar-refractivity contribution is 0.827. The van der Waals surface area contributed by atoms with Crippen LogP contribution in [-0.4, -0.2) is 9.13 Å². The first kappa shape index (κ1) is 21.0. The zero-order chi connectivity index (χ0) is 24.7. The molecule has 8 rings (SSSR count). The Balaban J connectivity index is 1.43. The van der Waals surface area contributed by atoms with Crippen LogP contribution in [-0.2, 0) is 13.1 Å². The number of aryl methyl sites for hydroxylation is 2. The average Bonchev–Trinajstić information content (AvgIpc) is 3.59. The van der Waals surface area contributed by atoms with E-state index in [1.165, 1.54) is 74.9 Å². The van der Waals surface area contributed by atoms with Gasteiger partial charge in [-0.15, -0.1) is 11.3 Å². The van der Waals surface area contributed by atoms with Gasteiger partial charge in [0.05, 0.1) is 5.52 Å². The highest BCUT2D eigenvalue weighted by Crippen LogP contribution is 2.43. The van der Waals surface area contributed by atoms with Crippen molar-refractivity contribution in [2.45, 2.75) is 26.9 Å². The van der Waals surface area contributed by atoms with Gasteiger partial charge >= 0.3 is 0 Å². The summed E-state index contributed by atoms with van der Waals surface area (Å²) in [4.78, 5) is 0. The minimum Gasteiger partial charge on any atom is -0.341 e. The molecule has 0 aliphatic carbocycles. The summed E-state index contributed by atoms with van der Waals surface area (Å²) in [7, 11) is 0. The minimum atomic E-state index is 0.957. The Morgan fingerprint density at radius 3 is 1.89 bits per heavy atom. The SMILES string of the molecule is CCn1c2ccccc2c2cc(-c3ccc4c(c3)c3c5sc6ccccc6c5ccc3n4CC)ccc21. The fourth-order valence-corrected chi connectivity index (χ4v) is 7.72. The highest BCUT2D eigenvalue weighted by molar-refractivity contribution is 7.26. The molecule has 3 aromatic heterocycles. The van der Waals surface area contributed by atoms with Gasteiger partial charge in [0.25, 0.3) is 0 Å². The van der Waals surface area contributed by atoms with Gasteiger partial charge in [-0.1, -0.05) is 54.6 Å². The quantitative estimate of drug-likeness (QED) is 0.231. The Kier molecular flexibility index (Phi) is 4.38. The number of thiophene rings is 1. The van der Waals surface area contributed by atoms with Crippen molar-refractivity contribution < 1.29 is 0 Å². The van der Waals surface area contributed by atoms with Crippen LogP contribution in [0.25, 0.3) is 74.9 Å². The largest absolute Gasteiger partial charge is 0.341 e. The van der Waals surface area contributed by atoms with Crippen molar-refractivity contribution in [1.82, 2.24) is 9.13 Å². The third-order valence-corrected chi connectivity index (χ3v) is 9.31. The van der Waals surface area contributed by atoms with Crippen molar-refractivity contribution in [3.05, 3.63) is 97.1 Å². The molecule has 37 heavy (non-hydrogen) atoms. The monoisotopic (exact) mass is 494 g/mol. The standard InChI is InChI=1S/C34H26N2S/c1-3-35-28-11-7-5-9-23(28)26-19-21(13-16-29(26)35)22-14-17-30-27(20-22)33-31(36(30)4-2)18-15-25-24-10-6-8-12-32(24)37-34(25)33/h5-20H,3-4H2,1-2H3. The molecule has 0 bridgehead atoms. The predicted octanol–water partition coefficient (Wildman–Crippen LogP) is 9.98. The number of nitrogens with zero attached hydrogens (tertiary/aromatic N) is 2. The highest BCUT2D eigenvalue weighted by Gasteiger charge is 2.17. The van der Waals surface area contributed by atoms with E-state index in [1.807, 2.05) is 11.3 Å². The summed E-state index contributed by atoms with van der Waals surface area (Å²) >= 11 is 1.92. The lowest BCUT2D eigenvalue weighted by Crippen LogP contribution is -1.93. The van der Waals surface area contributed by atoms with Gasteiger partial charge in [-0.2, -0.15) is 0 Å². The van der Waals surface area contributed by atoms with Crippen LogP contribution in [0.1, 0.15) is 13.8 Å². The van der Waals surface area contributed by atoms with Gasteiger partial charge in [0.1, 0.15) is 0 Å². The van der Waals surface area contributed by atoms with E-state index in [0.717, 1.165) is 13.1 Å². The van der Waals surface area contributed by atoms with E-state index in [-0.39, 0.29) is 0 Å². The summed E-state index contributed by atoms with van der Waals surface area (Å²) in [5, 5.41) is 8.12. The molecule has 3 heterocycles. The molecule has 0 unspecified atom stereocenters. The molecule has 178 valence electrons. The molecule has 0 fully saturated rings. The molecule has 5 aromatic carbocycles. The Bertz CT molecular complexity index is 2170. The molecule has 3 heteroatoms. The molecule has 0 saturated heterocycles. The minimum absolute atomic E-state index is 0.957. The summed E-state index contributed by atoms with van der Waals surface area (Å²) in [6, 6.07) is 36.3. The molecule has 0 amide bonds. The lowest BCUT2D eigenvalue weighted by Gasteiger charge is -2.06. The van der Waals surface area contributed by atoms with Gasteiger partial charge in [-0.3, -0.25) is 0 Å². The molecule has 0 atom stereocenters. The number of fused-ring (bicyclic) bond motifs is 10. The van der Waals surface area contributed by atoms with Crippen molar-refractivity contribution in [2.75, 3.05) is 0 Å². The third-order valence-electron chi connectivity index (χ3n) is 8.11. The number of aromatic nitrogens is 2. The van der Waals surface area contributed by atoms with Crippen LogP contribution in [0.5, 0.6) is 0 Å². The highest BCUT2D eigenvalue weighted by atomic mass is 32.1. The topological polar surface area (TPSA) is 9.86 Å². The molecule has 0 N–H and O–H groups in total. The molecule has 0 saturated carbocycles. The van der Waals surface area contributed by atoms with Crippen LogP contribution in [0.4, 0.5) is 0 Å². The first-order valence-electron chi connectivity index (χ1n) is 13.1. The van der Waals surface area contributed by atoms with Crippen molar-refractivity contribution in [2.24, 2.45) is 0 Å². The Labute approximate surface area is 219 Å². The summed E-state index contributed by atoms with van der Waals surface area (Å²) in [5.41, 5.74) is 7.81. The fourth-order valence-electron chi connectivity index (χ4n) is 6.46. The first-order valence-corrected chi connectivity index (χ1v) is 14.0. The maximum absolute atomic E-state index is 2.47. The second kappa shape index (κ2) is 7.71. The molecule has 8 aromatic rings. The fraction of sp³-hybridized carbons (Fsp3) is 0.118. The van der Waals surface area contributed by atoms with Gasteiger partial charge in [0, 0.05) is 71.4 Å². The van der Waals surface area contributed by atoms with Gasteiger partial charge < -0.3 is 9.13 Å². The molecule has 0 radical (unpaired) electrons. The van der Waals surface area contributed by atoms with E-state index in [2.05, 4.69) is 120 Å². The summed E-state index contributed by atoms with van der Waals surface area (Å²) < 4.78 is 7.65. The van der Waals surface area contributed by atoms with Crippen molar-refractivity contribution in [3.8, 4) is 11.1 Å². The van der Waals surface area contributed by atoms with Crippen molar-refractivity contribution >= 4 is 75.1 Å². The van der Waals surface area contributed by atoms with E-state index < -0.39 is 0 Å². The Morgan fingerprint density at radius 2 is 1.11 bits per heavy atom. The summed E-state index contributed by atoms with van der Waals surface area (Å²) in [5.74, 6) is 0. The predicted molar refractivity (Wildman–Crippen MR) is 162 cm³/mol. The van der Waals surface area contributed by atoms with Gasteiger partial charge in [0.15, 0.2) is 0 Å². The maximum Gasteiger partial charge on any atom is 0.0506 e. The molecule has 2 nitrogen and oxygen atoms in total. The molecule has 0 aliphatic heterocycles. The number of hydrogen-bond donors (Lipinski definition) is 0. The normalized spacial score (nSPS) is 12.3. The average molecular weight is 495 g/mol. The molecule has 0 spiro atoms. The second-order valence-electron chi connectivity index (χ2n) is 9.90. The van der Waals surface area contributed by atoms with Crippen LogP contribution < -0.4 is 0 Å². The summed E-state index contributed by atoms with van der Waals surface area (Å²) in [6.07, 6.45) is 0. The van der Waals surface area contributed by atoms with E-state index in [9.17, 15) is 0 Å². The van der Waals surface area contributed by atoms with Crippen molar-refractivity contribution in [3.63, 3.8) is 0 Å². The van der Waals surface area contributed by atoms with E-state index in [4.69, 9.17) is 0 Å². The third kappa shape index (κ3) is 2.81. The van der Waals surface area contributed by atoms with Gasteiger partial charge in [-0.25, -0.2) is 0 Å². The first-order chi connectivity index (χ1) is 18.3. The zero-order valence-corrected chi connectivity index (χ0v) is 21.8. The lowest BCUT2D eigenvalue weighted by atomic mass is 10.00. The molecular formula is C34H26N2S. The maximum atomic E-state index is 2.47.